The molecule has 0 aliphatic rings. The highest BCUT2D eigenvalue weighted by Crippen LogP contribution is 2.32. The minimum atomic E-state index is -2.92. The molecule has 1 aromatic carbocycles. The third-order valence-corrected chi connectivity index (χ3v) is 3.45. The lowest BCUT2D eigenvalue weighted by molar-refractivity contribution is -0.0520. The largest absolute Gasteiger partial charge is 0.490 e. The first-order chi connectivity index (χ1) is 13.0. The Morgan fingerprint density at radius 3 is 2.63 bits per heavy atom. The van der Waals surface area contributed by atoms with Gasteiger partial charge in [0.2, 0.25) is 0 Å². The molecule has 0 saturated carbocycles. The van der Waals surface area contributed by atoms with E-state index in [1.54, 1.807) is 32.2 Å². The lowest BCUT2D eigenvalue weighted by Crippen LogP contribution is -2.37. The van der Waals surface area contributed by atoms with Crippen LogP contribution in [-0.4, -0.2) is 46.0 Å². The molecule has 0 fully saturated rings. The van der Waals surface area contributed by atoms with Gasteiger partial charge in [-0.05, 0) is 25.3 Å². The van der Waals surface area contributed by atoms with E-state index in [1.807, 2.05) is 0 Å². The van der Waals surface area contributed by atoms with Gasteiger partial charge in [-0.3, -0.25) is 4.99 Å². The molecule has 8 heteroatoms. The number of nitrogens with one attached hydrogen (secondary N) is 2. The van der Waals surface area contributed by atoms with E-state index in [0.29, 0.717) is 42.9 Å². The van der Waals surface area contributed by atoms with Crippen LogP contribution in [0.15, 0.2) is 23.2 Å². The zero-order valence-electron chi connectivity index (χ0n) is 16.6. The molecule has 0 amide bonds. The van der Waals surface area contributed by atoms with E-state index < -0.39 is 6.61 Å². The van der Waals surface area contributed by atoms with Gasteiger partial charge in [0.15, 0.2) is 17.5 Å². The van der Waals surface area contributed by atoms with Gasteiger partial charge >= 0.3 is 6.61 Å². The summed E-state index contributed by atoms with van der Waals surface area (Å²) < 4.78 is 41.1. The summed E-state index contributed by atoms with van der Waals surface area (Å²) in [6.07, 6.45) is 0.840. The summed E-state index contributed by atoms with van der Waals surface area (Å²) in [5, 5.41) is 6.26. The van der Waals surface area contributed by atoms with Crippen LogP contribution in [0.1, 0.15) is 32.8 Å². The van der Waals surface area contributed by atoms with Crippen molar-refractivity contribution < 1.29 is 23.0 Å². The summed E-state index contributed by atoms with van der Waals surface area (Å²) in [5.74, 6) is 1.43. The Morgan fingerprint density at radius 2 is 2.00 bits per heavy atom. The van der Waals surface area contributed by atoms with E-state index in [0.717, 1.165) is 13.0 Å². The van der Waals surface area contributed by atoms with Crippen molar-refractivity contribution in [3.63, 3.8) is 0 Å². The second kappa shape index (κ2) is 13.1. The fraction of sp³-hybridized carbons (Fsp3) is 0.632. The van der Waals surface area contributed by atoms with Gasteiger partial charge in [-0.15, -0.1) is 0 Å². The van der Waals surface area contributed by atoms with Crippen molar-refractivity contribution in [2.45, 2.75) is 40.3 Å². The summed E-state index contributed by atoms with van der Waals surface area (Å²) in [6.45, 7) is 5.82. The molecule has 0 heterocycles. The number of aliphatic imine (C=N–C) groups is 1. The maximum atomic E-state index is 12.8. The normalized spacial score (nSPS) is 11.8. The van der Waals surface area contributed by atoms with Crippen molar-refractivity contribution >= 4 is 5.96 Å². The van der Waals surface area contributed by atoms with Crippen molar-refractivity contribution in [2.24, 2.45) is 10.9 Å². The van der Waals surface area contributed by atoms with Gasteiger partial charge < -0.3 is 24.8 Å². The van der Waals surface area contributed by atoms with E-state index in [4.69, 9.17) is 9.47 Å². The smallest absolute Gasteiger partial charge is 0.387 e. The maximum absolute atomic E-state index is 12.8. The topological polar surface area (TPSA) is 64.1 Å². The summed E-state index contributed by atoms with van der Waals surface area (Å²) in [4.78, 5) is 4.13. The Balaban J connectivity index is 2.55. The van der Waals surface area contributed by atoms with Crippen molar-refractivity contribution in [1.82, 2.24) is 10.6 Å². The van der Waals surface area contributed by atoms with Gasteiger partial charge in [0, 0.05) is 38.9 Å². The highest BCUT2D eigenvalue weighted by Gasteiger charge is 2.15. The number of halogens is 2. The van der Waals surface area contributed by atoms with Crippen molar-refractivity contribution in [3.8, 4) is 11.5 Å². The minimum absolute atomic E-state index is 0.0411. The molecule has 1 aromatic rings. The van der Waals surface area contributed by atoms with E-state index in [-0.39, 0.29) is 12.3 Å². The fourth-order valence-corrected chi connectivity index (χ4v) is 2.29. The lowest BCUT2D eigenvalue weighted by Gasteiger charge is -2.17. The number of rotatable bonds is 12. The molecule has 0 aromatic heterocycles. The molecule has 0 saturated heterocycles. The number of nitrogens with zero attached hydrogens (tertiary/aromatic N) is 1. The van der Waals surface area contributed by atoms with Crippen LogP contribution in [-0.2, 0) is 11.3 Å². The number of ether oxygens (including phenoxy) is 3. The molecule has 154 valence electrons. The van der Waals surface area contributed by atoms with E-state index in [9.17, 15) is 8.78 Å². The third-order valence-electron chi connectivity index (χ3n) is 3.45. The summed E-state index contributed by atoms with van der Waals surface area (Å²) in [6, 6.07) is 5.05. The first kappa shape index (κ1) is 23.0. The molecular weight excluding hydrogens is 356 g/mol. The average molecular weight is 387 g/mol. The number of alkyl halides is 2. The van der Waals surface area contributed by atoms with Crippen LogP contribution in [0.5, 0.6) is 11.5 Å². The molecule has 27 heavy (non-hydrogen) atoms. The van der Waals surface area contributed by atoms with Gasteiger partial charge in [0.25, 0.3) is 0 Å². The van der Waals surface area contributed by atoms with E-state index in [1.165, 1.54) is 0 Å². The van der Waals surface area contributed by atoms with Crippen LogP contribution in [0.3, 0.4) is 0 Å². The monoisotopic (exact) mass is 387 g/mol. The van der Waals surface area contributed by atoms with Crippen molar-refractivity contribution in [1.29, 1.82) is 0 Å². The molecule has 0 unspecified atom stereocenters. The van der Waals surface area contributed by atoms with Crippen LogP contribution in [0.25, 0.3) is 0 Å². The molecule has 0 bridgehead atoms. The van der Waals surface area contributed by atoms with Crippen molar-refractivity contribution in [2.75, 3.05) is 33.4 Å². The quantitative estimate of drug-likeness (QED) is 0.327. The lowest BCUT2D eigenvalue weighted by atomic mass is 10.2. The first-order valence-electron chi connectivity index (χ1n) is 9.19. The standard InChI is InChI=1S/C19H31F2N3O3/c1-5-26-16-9-6-8-15(17(16)27-18(20)21)12-24-19(22-4)23-10-7-11-25-13-14(2)3/h6,8-9,14,18H,5,7,10-13H2,1-4H3,(H2,22,23,24). The summed E-state index contributed by atoms with van der Waals surface area (Å²) in [5.41, 5.74) is 0.560. The van der Waals surface area contributed by atoms with Crippen molar-refractivity contribution in [3.05, 3.63) is 23.8 Å². The van der Waals surface area contributed by atoms with Gasteiger partial charge in [-0.1, -0.05) is 26.0 Å². The molecule has 0 radical (unpaired) electrons. The number of para-hydroxylation sites is 1. The maximum Gasteiger partial charge on any atom is 0.387 e. The minimum Gasteiger partial charge on any atom is -0.490 e. The predicted molar refractivity (Wildman–Crippen MR) is 103 cm³/mol. The number of benzene rings is 1. The van der Waals surface area contributed by atoms with E-state index >= 15 is 0 Å². The highest BCUT2D eigenvalue weighted by molar-refractivity contribution is 5.79. The molecule has 1 rings (SSSR count). The first-order valence-corrected chi connectivity index (χ1v) is 9.19. The molecule has 2 N–H and O–H groups in total. The second-order valence-corrected chi connectivity index (χ2v) is 6.23. The highest BCUT2D eigenvalue weighted by atomic mass is 19.3. The van der Waals surface area contributed by atoms with Gasteiger partial charge in [0.1, 0.15) is 0 Å². The zero-order chi connectivity index (χ0) is 20.1. The van der Waals surface area contributed by atoms with Crippen LogP contribution in [0.2, 0.25) is 0 Å². The fourth-order valence-electron chi connectivity index (χ4n) is 2.29. The van der Waals surface area contributed by atoms with Crippen LogP contribution in [0.4, 0.5) is 8.78 Å². The average Bonchev–Trinajstić information content (AvgIpc) is 2.62. The summed E-state index contributed by atoms with van der Waals surface area (Å²) >= 11 is 0. The Hall–Kier alpha value is -2.09. The Labute approximate surface area is 160 Å². The SMILES string of the molecule is CCOc1cccc(CNC(=NC)NCCCOCC(C)C)c1OC(F)F. The number of guanidine groups is 1. The van der Waals surface area contributed by atoms with Gasteiger partial charge in [0.05, 0.1) is 6.61 Å². The second-order valence-electron chi connectivity index (χ2n) is 6.23. The Kier molecular flexibility index (Phi) is 11.2. The molecule has 6 nitrogen and oxygen atoms in total. The Morgan fingerprint density at radius 1 is 1.22 bits per heavy atom. The molecule has 0 spiro atoms. The number of hydrogen-bond acceptors (Lipinski definition) is 4. The van der Waals surface area contributed by atoms with E-state index in [2.05, 4.69) is 34.2 Å². The third kappa shape index (κ3) is 9.42. The van der Waals surface area contributed by atoms with Gasteiger partial charge in [-0.25, -0.2) is 0 Å². The summed E-state index contributed by atoms with van der Waals surface area (Å²) in [7, 11) is 1.65. The molecule has 0 aliphatic heterocycles. The predicted octanol–water partition coefficient (Wildman–Crippen LogP) is 3.41. The zero-order valence-corrected chi connectivity index (χ0v) is 16.6. The molecule has 0 aliphatic carbocycles. The van der Waals surface area contributed by atoms with Gasteiger partial charge in [-0.2, -0.15) is 8.78 Å². The molecular formula is C19H31F2N3O3. The Bertz CT molecular complexity index is 569. The van der Waals surface area contributed by atoms with Crippen LogP contribution < -0.4 is 20.1 Å². The van der Waals surface area contributed by atoms with Crippen LogP contribution >= 0.6 is 0 Å². The van der Waals surface area contributed by atoms with Crippen LogP contribution in [0, 0.1) is 5.92 Å². The number of hydrogen-bond donors (Lipinski definition) is 2. The molecule has 0 atom stereocenters.